The smallest absolute Gasteiger partial charge is 0.261 e. The lowest BCUT2D eigenvalue weighted by Gasteiger charge is -2.35. The highest BCUT2D eigenvalue weighted by Crippen LogP contribution is 2.18. The summed E-state index contributed by atoms with van der Waals surface area (Å²) in [5.41, 5.74) is 0. The maximum absolute atomic E-state index is 12.5. The topological polar surface area (TPSA) is 41.6 Å². The summed E-state index contributed by atoms with van der Waals surface area (Å²) in [4.78, 5) is 14.9. The van der Waals surface area contributed by atoms with Crippen LogP contribution in [0.15, 0.2) is 24.3 Å². The summed E-state index contributed by atoms with van der Waals surface area (Å²) in [6.45, 7) is 8.47. The molecule has 1 aliphatic heterocycles. The van der Waals surface area contributed by atoms with E-state index in [1.165, 1.54) is 0 Å². The van der Waals surface area contributed by atoms with Gasteiger partial charge in [-0.2, -0.15) is 0 Å². The number of ether oxygens (including phenoxy) is 1. The highest BCUT2D eigenvalue weighted by molar-refractivity contribution is 6.30. The van der Waals surface area contributed by atoms with Gasteiger partial charge >= 0.3 is 0 Å². The fourth-order valence-electron chi connectivity index (χ4n) is 2.85. The third-order valence-corrected chi connectivity index (χ3v) is 4.61. The van der Waals surface area contributed by atoms with Crippen LogP contribution >= 0.6 is 11.6 Å². The lowest BCUT2D eigenvalue weighted by Crippen LogP contribution is -2.49. The number of hydrogen-bond acceptors (Lipinski definition) is 3. The van der Waals surface area contributed by atoms with Gasteiger partial charge in [-0.15, -0.1) is 0 Å². The van der Waals surface area contributed by atoms with Gasteiger partial charge in [-0.3, -0.25) is 4.79 Å². The van der Waals surface area contributed by atoms with E-state index in [1.54, 1.807) is 24.3 Å². The summed E-state index contributed by atoms with van der Waals surface area (Å²) >= 11 is 5.87. The predicted molar refractivity (Wildman–Crippen MR) is 94.0 cm³/mol. The maximum atomic E-state index is 12.5. The highest BCUT2D eigenvalue weighted by atomic mass is 35.5. The molecule has 4 nitrogen and oxygen atoms in total. The fraction of sp³-hybridized carbons (Fsp3) is 0.611. The first kappa shape index (κ1) is 18.1. The molecule has 1 atom stereocenters. The molecular weight excluding hydrogens is 312 g/mol. The van der Waals surface area contributed by atoms with Crippen molar-refractivity contribution in [1.29, 1.82) is 0 Å². The standard InChI is InChI=1S/C18H27ClN2O2/c1-4-17(23-16-7-5-14(19)6-8-16)18(22)20-15-9-11-21(12-10-15)13(2)3/h5-8,13,15,17H,4,9-12H2,1-3H3,(H,20,22)/t17-/m1/s1. The Hall–Kier alpha value is -1.26. The maximum Gasteiger partial charge on any atom is 0.261 e. The molecule has 1 aromatic carbocycles. The Balaban J connectivity index is 1.84. The molecule has 0 spiro atoms. The second-order valence-electron chi connectivity index (χ2n) is 6.38. The lowest BCUT2D eigenvalue weighted by atomic mass is 10.0. The minimum Gasteiger partial charge on any atom is -0.481 e. The van der Waals surface area contributed by atoms with Gasteiger partial charge in [-0.25, -0.2) is 0 Å². The minimum atomic E-state index is -0.459. The molecule has 2 rings (SSSR count). The molecule has 1 aromatic rings. The van der Waals surface area contributed by atoms with Crippen molar-refractivity contribution < 1.29 is 9.53 Å². The molecule has 1 heterocycles. The average Bonchev–Trinajstić information content (AvgIpc) is 2.54. The first-order chi connectivity index (χ1) is 11.0. The van der Waals surface area contributed by atoms with Crippen LogP contribution in [0.4, 0.5) is 0 Å². The van der Waals surface area contributed by atoms with Gasteiger partial charge in [0.05, 0.1) is 0 Å². The summed E-state index contributed by atoms with van der Waals surface area (Å²) in [5, 5.41) is 3.80. The SMILES string of the molecule is CC[C@@H](Oc1ccc(Cl)cc1)C(=O)NC1CCN(C(C)C)CC1. The predicted octanol–water partition coefficient (Wildman–Crippen LogP) is 3.49. The molecule has 1 amide bonds. The third kappa shape index (κ3) is 5.40. The second kappa shape index (κ2) is 8.55. The Bertz CT molecular complexity index is 496. The lowest BCUT2D eigenvalue weighted by molar-refractivity contribution is -0.129. The quantitative estimate of drug-likeness (QED) is 0.863. The van der Waals surface area contributed by atoms with Gasteiger partial charge in [0.2, 0.25) is 0 Å². The molecular formula is C18H27ClN2O2. The summed E-state index contributed by atoms with van der Waals surface area (Å²) in [7, 11) is 0. The molecule has 5 heteroatoms. The van der Waals surface area contributed by atoms with Crippen LogP contribution in [0.1, 0.15) is 40.0 Å². The molecule has 0 unspecified atom stereocenters. The van der Waals surface area contributed by atoms with Crippen LogP contribution in [-0.2, 0) is 4.79 Å². The summed E-state index contributed by atoms with van der Waals surface area (Å²) < 4.78 is 5.80. The van der Waals surface area contributed by atoms with Gasteiger partial charge in [0.1, 0.15) is 5.75 Å². The Morgan fingerprint density at radius 1 is 1.30 bits per heavy atom. The first-order valence-corrected chi connectivity index (χ1v) is 8.84. The first-order valence-electron chi connectivity index (χ1n) is 8.46. The Labute approximate surface area is 144 Å². The summed E-state index contributed by atoms with van der Waals surface area (Å²) in [6, 6.07) is 7.94. The minimum absolute atomic E-state index is 0.0227. The van der Waals surface area contributed by atoms with Gasteiger partial charge in [0, 0.05) is 30.2 Å². The van der Waals surface area contributed by atoms with Crippen LogP contribution in [0.2, 0.25) is 5.02 Å². The van der Waals surface area contributed by atoms with Crippen molar-refractivity contribution in [2.45, 2.75) is 58.2 Å². The zero-order valence-corrected chi connectivity index (χ0v) is 15.0. The van der Waals surface area contributed by atoms with Crippen molar-refractivity contribution in [2.24, 2.45) is 0 Å². The van der Waals surface area contributed by atoms with Crippen LogP contribution in [0.3, 0.4) is 0 Å². The number of halogens is 1. The van der Waals surface area contributed by atoms with E-state index < -0.39 is 6.10 Å². The average molecular weight is 339 g/mol. The Morgan fingerprint density at radius 2 is 1.91 bits per heavy atom. The number of carbonyl (C=O) groups excluding carboxylic acids is 1. The molecule has 0 saturated carbocycles. The molecule has 1 fully saturated rings. The van der Waals surface area contributed by atoms with E-state index in [9.17, 15) is 4.79 Å². The van der Waals surface area contributed by atoms with Gasteiger partial charge in [-0.05, 0) is 57.4 Å². The Morgan fingerprint density at radius 3 is 2.43 bits per heavy atom. The zero-order chi connectivity index (χ0) is 16.8. The van der Waals surface area contributed by atoms with Crippen molar-refractivity contribution in [2.75, 3.05) is 13.1 Å². The van der Waals surface area contributed by atoms with E-state index in [0.29, 0.717) is 23.2 Å². The zero-order valence-electron chi connectivity index (χ0n) is 14.2. The van der Waals surface area contributed by atoms with Crippen LogP contribution in [0, 0.1) is 0 Å². The number of nitrogens with zero attached hydrogens (tertiary/aromatic N) is 1. The molecule has 1 N–H and O–H groups in total. The van der Waals surface area contributed by atoms with E-state index in [0.717, 1.165) is 25.9 Å². The van der Waals surface area contributed by atoms with Crippen molar-refractivity contribution in [1.82, 2.24) is 10.2 Å². The normalized spacial score (nSPS) is 18.0. The van der Waals surface area contributed by atoms with Crippen molar-refractivity contribution in [3.8, 4) is 5.75 Å². The van der Waals surface area contributed by atoms with Gasteiger partial charge < -0.3 is 15.0 Å². The number of piperidine rings is 1. The van der Waals surface area contributed by atoms with E-state index in [-0.39, 0.29) is 11.9 Å². The fourth-order valence-corrected chi connectivity index (χ4v) is 2.98. The number of nitrogens with one attached hydrogen (secondary N) is 1. The Kier molecular flexibility index (Phi) is 6.72. The molecule has 0 aromatic heterocycles. The van der Waals surface area contributed by atoms with E-state index in [2.05, 4.69) is 24.1 Å². The number of likely N-dealkylation sites (tertiary alicyclic amines) is 1. The number of rotatable bonds is 6. The van der Waals surface area contributed by atoms with E-state index in [4.69, 9.17) is 16.3 Å². The largest absolute Gasteiger partial charge is 0.481 e. The number of amides is 1. The monoisotopic (exact) mass is 338 g/mol. The van der Waals surface area contributed by atoms with Crippen molar-refractivity contribution in [3.05, 3.63) is 29.3 Å². The van der Waals surface area contributed by atoms with Crippen LogP contribution in [-0.4, -0.2) is 42.1 Å². The molecule has 0 radical (unpaired) electrons. The highest BCUT2D eigenvalue weighted by Gasteiger charge is 2.25. The molecule has 1 aliphatic rings. The van der Waals surface area contributed by atoms with Crippen molar-refractivity contribution in [3.63, 3.8) is 0 Å². The van der Waals surface area contributed by atoms with Crippen molar-refractivity contribution >= 4 is 17.5 Å². The van der Waals surface area contributed by atoms with Gasteiger partial charge in [0.25, 0.3) is 5.91 Å². The van der Waals surface area contributed by atoms with E-state index >= 15 is 0 Å². The van der Waals surface area contributed by atoms with Crippen LogP contribution < -0.4 is 10.1 Å². The summed E-state index contributed by atoms with van der Waals surface area (Å²) in [5.74, 6) is 0.650. The molecule has 23 heavy (non-hydrogen) atoms. The van der Waals surface area contributed by atoms with Crippen LogP contribution in [0.5, 0.6) is 5.75 Å². The molecule has 1 saturated heterocycles. The second-order valence-corrected chi connectivity index (χ2v) is 6.82. The number of carbonyl (C=O) groups is 1. The molecule has 128 valence electrons. The summed E-state index contributed by atoms with van der Waals surface area (Å²) in [6.07, 6.45) is 2.18. The van der Waals surface area contributed by atoms with Crippen LogP contribution in [0.25, 0.3) is 0 Å². The van der Waals surface area contributed by atoms with E-state index in [1.807, 2.05) is 6.92 Å². The third-order valence-electron chi connectivity index (χ3n) is 4.36. The van der Waals surface area contributed by atoms with Gasteiger partial charge in [0.15, 0.2) is 6.10 Å². The molecule has 0 aliphatic carbocycles. The number of hydrogen-bond donors (Lipinski definition) is 1. The molecule has 0 bridgehead atoms. The van der Waals surface area contributed by atoms with Gasteiger partial charge in [-0.1, -0.05) is 18.5 Å². The number of benzene rings is 1.